The molecular weight excluding hydrogens is 361 g/mol. The van der Waals surface area contributed by atoms with Crippen molar-refractivity contribution < 1.29 is 28.4 Å². The molecule has 0 N–H and O–H groups in total. The molecule has 10 heteroatoms. The van der Waals surface area contributed by atoms with Gasteiger partial charge in [-0.1, -0.05) is 12.1 Å². The SMILES string of the molecule is COOP(=O)(Cc1ccc(-n2nc3ccc(OC)cc3n2)cc1)OOC. The van der Waals surface area contributed by atoms with Crippen LogP contribution in [-0.4, -0.2) is 36.3 Å². The summed E-state index contributed by atoms with van der Waals surface area (Å²) >= 11 is 0. The first kappa shape index (κ1) is 18.5. The first-order valence-electron chi connectivity index (χ1n) is 7.61. The molecule has 3 rings (SSSR count). The molecule has 9 nitrogen and oxygen atoms in total. The van der Waals surface area contributed by atoms with Gasteiger partial charge in [0.25, 0.3) is 0 Å². The quantitative estimate of drug-likeness (QED) is 0.334. The number of fused-ring (bicyclic) bond motifs is 1. The third-order valence-electron chi connectivity index (χ3n) is 3.51. The van der Waals surface area contributed by atoms with Gasteiger partial charge < -0.3 is 4.74 Å². The lowest BCUT2D eigenvalue weighted by Crippen LogP contribution is -2.00. The Labute approximate surface area is 149 Å². The third-order valence-corrected chi connectivity index (χ3v) is 5.01. The first-order valence-corrected chi connectivity index (χ1v) is 9.34. The molecule has 1 aromatic heterocycles. The van der Waals surface area contributed by atoms with Gasteiger partial charge in [-0.3, -0.25) is 4.57 Å². The highest BCUT2D eigenvalue weighted by atomic mass is 31.2. The molecule has 0 aliphatic carbocycles. The van der Waals surface area contributed by atoms with E-state index in [4.69, 9.17) is 14.1 Å². The van der Waals surface area contributed by atoms with Crippen LogP contribution in [0, 0.1) is 0 Å². The maximum absolute atomic E-state index is 12.4. The van der Waals surface area contributed by atoms with Gasteiger partial charge in [0.2, 0.25) is 0 Å². The van der Waals surface area contributed by atoms with E-state index in [0.717, 1.165) is 16.7 Å². The number of benzene rings is 2. The molecule has 26 heavy (non-hydrogen) atoms. The fraction of sp³-hybridized carbons (Fsp3) is 0.250. The second kappa shape index (κ2) is 7.94. The Morgan fingerprint density at radius 1 is 0.923 bits per heavy atom. The Hall–Kier alpha value is -2.29. The van der Waals surface area contributed by atoms with Crippen molar-refractivity contribution in [2.45, 2.75) is 6.16 Å². The van der Waals surface area contributed by atoms with Crippen molar-refractivity contribution in [2.24, 2.45) is 0 Å². The van der Waals surface area contributed by atoms with Gasteiger partial charge in [-0.25, -0.2) is 9.78 Å². The van der Waals surface area contributed by atoms with Gasteiger partial charge in [-0.05, 0) is 29.8 Å². The standard InChI is InChI=1S/C16H18N3O6P/c1-21-14-8-9-15-16(10-14)18-19(17-15)13-6-4-12(5-7-13)11-26(20,24-22-2)25-23-3/h4-10H,11H2,1-3H3. The highest BCUT2D eigenvalue weighted by Crippen LogP contribution is 2.51. The van der Waals surface area contributed by atoms with Crippen molar-refractivity contribution in [1.82, 2.24) is 15.0 Å². The topological polar surface area (TPSA) is 93.9 Å². The van der Waals surface area contributed by atoms with Gasteiger partial charge in [-0.2, -0.15) is 4.80 Å². The van der Waals surface area contributed by atoms with E-state index in [9.17, 15) is 4.57 Å². The van der Waals surface area contributed by atoms with Gasteiger partial charge >= 0.3 is 7.60 Å². The van der Waals surface area contributed by atoms with Gasteiger partial charge in [-0.15, -0.1) is 19.5 Å². The molecule has 0 fully saturated rings. The zero-order valence-corrected chi connectivity index (χ0v) is 15.4. The van der Waals surface area contributed by atoms with Crippen LogP contribution in [-0.2, 0) is 29.9 Å². The Kier molecular flexibility index (Phi) is 5.65. The average Bonchev–Trinajstić information content (AvgIpc) is 3.05. The van der Waals surface area contributed by atoms with Gasteiger partial charge in [0, 0.05) is 6.07 Å². The van der Waals surface area contributed by atoms with E-state index in [0.29, 0.717) is 11.3 Å². The number of methoxy groups -OCH3 is 1. The van der Waals surface area contributed by atoms with Gasteiger partial charge in [0.15, 0.2) is 0 Å². The normalized spacial score (nSPS) is 11.8. The Morgan fingerprint density at radius 3 is 2.19 bits per heavy atom. The van der Waals surface area contributed by atoms with Crippen molar-refractivity contribution >= 4 is 18.6 Å². The van der Waals surface area contributed by atoms with Crippen LogP contribution in [0.1, 0.15) is 5.56 Å². The molecule has 3 aromatic rings. The zero-order chi connectivity index (χ0) is 18.6. The highest BCUT2D eigenvalue weighted by Gasteiger charge is 2.27. The summed E-state index contributed by atoms with van der Waals surface area (Å²) in [4.78, 5) is 10.5. The average molecular weight is 379 g/mol. The molecule has 0 bridgehead atoms. The summed E-state index contributed by atoms with van der Waals surface area (Å²) in [7, 11) is 0.539. The van der Waals surface area contributed by atoms with E-state index in [1.54, 1.807) is 31.4 Å². The summed E-state index contributed by atoms with van der Waals surface area (Å²) < 4.78 is 27.0. The molecule has 0 saturated heterocycles. The van der Waals surface area contributed by atoms with Crippen LogP contribution >= 0.6 is 7.60 Å². The largest absolute Gasteiger partial charge is 0.497 e. The fourth-order valence-electron chi connectivity index (χ4n) is 2.39. The second-order valence-corrected chi connectivity index (χ2v) is 7.10. The van der Waals surface area contributed by atoms with E-state index >= 15 is 0 Å². The third kappa shape index (κ3) is 4.09. The van der Waals surface area contributed by atoms with Crippen molar-refractivity contribution in [3.05, 3.63) is 48.0 Å². The van der Waals surface area contributed by atoms with Crippen LogP contribution in [0.15, 0.2) is 42.5 Å². The number of nitrogens with zero attached hydrogens (tertiary/aromatic N) is 3. The first-order chi connectivity index (χ1) is 12.6. The lowest BCUT2D eigenvalue weighted by Gasteiger charge is -2.13. The monoisotopic (exact) mass is 379 g/mol. The molecule has 138 valence electrons. The molecule has 1 heterocycles. The van der Waals surface area contributed by atoms with Crippen LogP contribution in [0.5, 0.6) is 5.75 Å². The van der Waals surface area contributed by atoms with Crippen molar-refractivity contribution in [2.75, 3.05) is 21.3 Å². The Morgan fingerprint density at radius 2 is 1.58 bits per heavy atom. The van der Waals surface area contributed by atoms with E-state index < -0.39 is 7.60 Å². The summed E-state index contributed by atoms with van der Waals surface area (Å²) in [5, 5.41) is 8.86. The molecular formula is C16H18N3O6P. The van der Waals surface area contributed by atoms with Crippen LogP contribution in [0.2, 0.25) is 0 Å². The van der Waals surface area contributed by atoms with Crippen LogP contribution in [0.25, 0.3) is 16.7 Å². The van der Waals surface area contributed by atoms with E-state index in [2.05, 4.69) is 20.0 Å². The summed E-state index contributed by atoms with van der Waals surface area (Å²) in [6.45, 7) is 0. The molecule has 0 radical (unpaired) electrons. The van der Waals surface area contributed by atoms with Crippen LogP contribution < -0.4 is 4.74 Å². The van der Waals surface area contributed by atoms with Crippen molar-refractivity contribution in [1.29, 1.82) is 0 Å². The lowest BCUT2D eigenvalue weighted by molar-refractivity contribution is -0.242. The molecule has 0 atom stereocenters. The second-order valence-electron chi connectivity index (χ2n) is 5.26. The molecule has 0 saturated carbocycles. The maximum Gasteiger partial charge on any atom is 0.388 e. The van der Waals surface area contributed by atoms with Crippen molar-refractivity contribution in [3.63, 3.8) is 0 Å². The number of aromatic nitrogens is 3. The van der Waals surface area contributed by atoms with Crippen LogP contribution in [0.3, 0.4) is 0 Å². The van der Waals surface area contributed by atoms with E-state index in [1.807, 2.05) is 18.2 Å². The molecule has 0 spiro atoms. The lowest BCUT2D eigenvalue weighted by atomic mass is 10.2. The Balaban J connectivity index is 1.82. The fourth-order valence-corrected chi connectivity index (χ4v) is 3.63. The Bertz CT molecular complexity index is 917. The summed E-state index contributed by atoms with van der Waals surface area (Å²) in [5.74, 6) is 0.715. The van der Waals surface area contributed by atoms with Crippen molar-refractivity contribution in [3.8, 4) is 11.4 Å². The number of hydrogen-bond donors (Lipinski definition) is 0. The summed E-state index contributed by atoms with van der Waals surface area (Å²) in [6, 6.07) is 12.6. The smallest absolute Gasteiger partial charge is 0.388 e. The maximum atomic E-state index is 12.4. The summed E-state index contributed by atoms with van der Waals surface area (Å²) in [6.07, 6.45) is -0.0132. The van der Waals surface area contributed by atoms with E-state index in [1.165, 1.54) is 19.0 Å². The predicted molar refractivity (Wildman–Crippen MR) is 92.9 cm³/mol. The van der Waals surface area contributed by atoms with Gasteiger partial charge in [0.1, 0.15) is 16.8 Å². The predicted octanol–water partition coefficient (Wildman–Crippen LogP) is 3.28. The molecule has 0 unspecified atom stereocenters. The molecule has 0 aliphatic rings. The molecule has 2 aromatic carbocycles. The minimum absolute atomic E-state index is 0.0132. The van der Waals surface area contributed by atoms with Crippen LogP contribution in [0.4, 0.5) is 0 Å². The minimum atomic E-state index is -3.56. The highest BCUT2D eigenvalue weighted by molar-refractivity contribution is 7.52. The summed E-state index contributed by atoms with van der Waals surface area (Å²) in [5.41, 5.74) is 2.94. The van der Waals surface area contributed by atoms with E-state index in [-0.39, 0.29) is 6.16 Å². The molecule has 0 amide bonds. The zero-order valence-electron chi connectivity index (χ0n) is 14.5. The molecule has 0 aliphatic heterocycles. The number of ether oxygens (including phenoxy) is 1. The van der Waals surface area contributed by atoms with Gasteiger partial charge in [0.05, 0.1) is 33.2 Å². The number of rotatable bonds is 8. The minimum Gasteiger partial charge on any atom is -0.497 e. The number of hydrogen-bond acceptors (Lipinski definition) is 8.